The van der Waals surface area contributed by atoms with Crippen LogP contribution in [-0.2, 0) is 6.61 Å². The minimum absolute atomic E-state index is 0.0290. The van der Waals surface area contributed by atoms with Gasteiger partial charge < -0.3 is 15.2 Å². The molecule has 1 saturated heterocycles. The lowest BCUT2D eigenvalue weighted by molar-refractivity contribution is 0.0841. The Morgan fingerprint density at radius 3 is 2.38 bits per heavy atom. The average Bonchev–Trinajstić information content (AvgIpc) is 2.62. The number of phenols is 1. The summed E-state index contributed by atoms with van der Waals surface area (Å²) in [7, 11) is 0. The van der Waals surface area contributed by atoms with Gasteiger partial charge in [-0.1, -0.05) is 57.2 Å². The minimum Gasteiger partial charge on any atom is -0.507 e. The maximum atomic E-state index is 10.7. The van der Waals surface area contributed by atoms with Crippen LogP contribution in [0.4, 0.5) is 0 Å². The number of phenolic OH excluding ortho intramolecular Hbond substituents is 1. The molecule has 0 spiro atoms. The van der Waals surface area contributed by atoms with Gasteiger partial charge in [0.15, 0.2) is 0 Å². The Kier molecular flexibility index (Phi) is 5.84. The summed E-state index contributed by atoms with van der Waals surface area (Å²) in [4.78, 5) is 2.47. The second-order valence-corrected chi connectivity index (χ2v) is 8.05. The normalized spacial score (nSPS) is 17.0. The molecule has 2 aromatic rings. The maximum Gasteiger partial charge on any atom is 0.124 e. The molecule has 2 N–H and O–H groups in total. The Hall–Kier alpha value is -2.04. The Labute approximate surface area is 156 Å². The third-order valence-electron chi connectivity index (χ3n) is 4.88. The molecule has 26 heavy (non-hydrogen) atoms. The number of hydrogen-bond donors (Lipinski definition) is 2. The first-order valence-electron chi connectivity index (χ1n) is 9.39. The molecule has 0 radical (unpaired) electrons. The molecule has 4 nitrogen and oxygen atoms in total. The molecule has 1 aliphatic heterocycles. The third kappa shape index (κ3) is 4.57. The van der Waals surface area contributed by atoms with Gasteiger partial charge in [0.25, 0.3) is 0 Å². The molecule has 0 aliphatic carbocycles. The van der Waals surface area contributed by atoms with E-state index in [1.807, 2.05) is 42.5 Å². The van der Waals surface area contributed by atoms with Gasteiger partial charge in [-0.3, -0.25) is 4.90 Å². The number of nitrogens with zero attached hydrogens (tertiary/aromatic N) is 1. The zero-order valence-electron chi connectivity index (χ0n) is 16.0. The molecule has 1 fully saturated rings. The molecule has 4 heteroatoms. The first-order valence-corrected chi connectivity index (χ1v) is 9.39. The molecule has 0 saturated carbocycles. The predicted octanol–water partition coefficient (Wildman–Crippen LogP) is 3.96. The summed E-state index contributed by atoms with van der Waals surface area (Å²) in [5.41, 5.74) is 2.12. The fourth-order valence-electron chi connectivity index (χ4n) is 3.74. The minimum atomic E-state index is 0.0290. The molecule has 1 aliphatic rings. The smallest absolute Gasteiger partial charge is 0.124 e. The van der Waals surface area contributed by atoms with Gasteiger partial charge in [0, 0.05) is 43.9 Å². The SMILES string of the molecule is CC(C)(C)[C@H](c1ccc(OCc2ccccc2)cc1O)N1CCNCC1. The molecule has 0 unspecified atom stereocenters. The number of benzene rings is 2. The van der Waals surface area contributed by atoms with Gasteiger partial charge in [0.1, 0.15) is 18.1 Å². The van der Waals surface area contributed by atoms with Crippen molar-refractivity contribution < 1.29 is 9.84 Å². The van der Waals surface area contributed by atoms with Crippen molar-refractivity contribution in [1.82, 2.24) is 10.2 Å². The molecular weight excluding hydrogens is 324 g/mol. The number of ether oxygens (including phenoxy) is 1. The zero-order chi connectivity index (χ0) is 18.6. The zero-order valence-corrected chi connectivity index (χ0v) is 16.0. The second kappa shape index (κ2) is 8.11. The van der Waals surface area contributed by atoms with E-state index in [2.05, 4.69) is 31.0 Å². The standard InChI is InChI=1S/C22H30N2O2/c1-22(2,3)21(24-13-11-23-12-14-24)19-10-9-18(15-20(19)25)26-16-17-7-5-4-6-8-17/h4-10,15,21,23,25H,11-14,16H2,1-3H3/t21-/m0/s1. The summed E-state index contributed by atoms with van der Waals surface area (Å²) >= 11 is 0. The molecule has 2 aromatic carbocycles. The van der Waals surface area contributed by atoms with E-state index in [4.69, 9.17) is 4.74 Å². The van der Waals surface area contributed by atoms with Crippen LogP contribution in [0.15, 0.2) is 48.5 Å². The highest BCUT2D eigenvalue weighted by molar-refractivity contribution is 5.42. The van der Waals surface area contributed by atoms with Crippen LogP contribution in [0.25, 0.3) is 0 Å². The predicted molar refractivity (Wildman–Crippen MR) is 106 cm³/mol. The van der Waals surface area contributed by atoms with Gasteiger partial charge >= 0.3 is 0 Å². The van der Waals surface area contributed by atoms with Crippen molar-refractivity contribution in [2.45, 2.75) is 33.4 Å². The van der Waals surface area contributed by atoms with E-state index in [0.717, 1.165) is 37.3 Å². The van der Waals surface area contributed by atoms with Crippen LogP contribution in [0.5, 0.6) is 11.5 Å². The molecular formula is C22H30N2O2. The molecule has 1 atom stereocenters. The van der Waals surface area contributed by atoms with Crippen molar-refractivity contribution in [2.24, 2.45) is 5.41 Å². The first-order chi connectivity index (χ1) is 12.4. The Bertz CT molecular complexity index is 704. The lowest BCUT2D eigenvalue weighted by Gasteiger charge is -2.42. The highest BCUT2D eigenvalue weighted by atomic mass is 16.5. The largest absolute Gasteiger partial charge is 0.507 e. The van der Waals surface area contributed by atoms with Crippen molar-refractivity contribution in [2.75, 3.05) is 26.2 Å². The van der Waals surface area contributed by atoms with Gasteiger partial charge in [-0.2, -0.15) is 0 Å². The maximum absolute atomic E-state index is 10.7. The number of aromatic hydroxyl groups is 1. The topological polar surface area (TPSA) is 44.7 Å². The fraction of sp³-hybridized carbons (Fsp3) is 0.455. The third-order valence-corrected chi connectivity index (χ3v) is 4.88. The molecule has 3 rings (SSSR count). The van der Waals surface area contributed by atoms with Crippen LogP contribution in [0.2, 0.25) is 0 Å². The molecule has 0 amide bonds. The van der Waals surface area contributed by atoms with E-state index in [1.165, 1.54) is 0 Å². The second-order valence-electron chi connectivity index (χ2n) is 8.05. The van der Waals surface area contributed by atoms with E-state index in [9.17, 15) is 5.11 Å². The van der Waals surface area contributed by atoms with Crippen LogP contribution in [0.1, 0.15) is 37.9 Å². The van der Waals surface area contributed by atoms with E-state index in [0.29, 0.717) is 18.1 Å². The van der Waals surface area contributed by atoms with Crippen LogP contribution in [0.3, 0.4) is 0 Å². The Morgan fingerprint density at radius 2 is 1.77 bits per heavy atom. The summed E-state index contributed by atoms with van der Waals surface area (Å²) in [6, 6.07) is 16.0. The number of hydrogen-bond acceptors (Lipinski definition) is 4. The average molecular weight is 354 g/mol. The quantitative estimate of drug-likeness (QED) is 0.853. The van der Waals surface area contributed by atoms with Gasteiger partial charge in [-0.15, -0.1) is 0 Å². The van der Waals surface area contributed by atoms with Crippen LogP contribution in [0, 0.1) is 5.41 Å². The van der Waals surface area contributed by atoms with Crippen molar-refractivity contribution in [3.05, 3.63) is 59.7 Å². The molecule has 140 valence electrons. The lowest BCUT2D eigenvalue weighted by atomic mass is 9.80. The fourth-order valence-corrected chi connectivity index (χ4v) is 3.74. The van der Waals surface area contributed by atoms with Gasteiger partial charge in [-0.25, -0.2) is 0 Å². The van der Waals surface area contributed by atoms with Crippen LogP contribution < -0.4 is 10.1 Å². The summed E-state index contributed by atoms with van der Waals surface area (Å²) in [5.74, 6) is 1.01. The lowest BCUT2D eigenvalue weighted by Crippen LogP contribution is -2.48. The highest BCUT2D eigenvalue weighted by Gasteiger charge is 2.34. The first kappa shape index (κ1) is 18.7. The number of rotatable bonds is 5. The van der Waals surface area contributed by atoms with Crippen molar-refractivity contribution in [1.29, 1.82) is 0 Å². The van der Waals surface area contributed by atoms with Crippen molar-refractivity contribution in [3.8, 4) is 11.5 Å². The van der Waals surface area contributed by atoms with Gasteiger partial charge in [0.05, 0.1) is 0 Å². The monoisotopic (exact) mass is 354 g/mol. The van der Waals surface area contributed by atoms with Gasteiger partial charge in [0.2, 0.25) is 0 Å². The summed E-state index contributed by atoms with van der Waals surface area (Å²) in [6.45, 7) is 11.2. The summed E-state index contributed by atoms with van der Waals surface area (Å²) < 4.78 is 5.86. The van der Waals surface area contributed by atoms with Crippen LogP contribution in [-0.4, -0.2) is 36.2 Å². The van der Waals surface area contributed by atoms with Gasteiger partial charge in [-0.05, 0) is 17.0 Å². The number of nitrogens with one attached hydrogen (secondary N) is 1. The molecule has 0 aromatic heterocycles. The van der Waals surface area contributed by atoms with E-state index >= 15 is 0 Å². The van der Waals surface area contributed by atoms with Crippen molar-refractivity contribution >= 4 is 0 Å². The highest BCUT2D eigenvalue weighted by Crippen LogP contribution is 2.42. The summed E-state index contributed by atoms with van der Waals surface area (Å²) in [6.07, 6.45) is 0. The summed E-state index contributed by atoms with van der Waals surface area (Å²) in [5, 5.41) is 14.1. The molecule has 1 heterocycles. The van der Waals surface area contributed by atoms with Crippen molar-refractivity contribution in [3.63, 3.8) is 0 Å². The number of piperazine rings is 1. The van der Waals surface area contributed by atoms with E-state index in [1.54, 1.807) is 6.07 Å². The Morgan fingerprint density at radius 1 is 1.08 bits per heavy atom. The Balaban J connectivity index is 1.78. The van der Waals surface area contributed by atoms with E-state index < -0.39 is 0 Å². The molecule has 0 bridgehead atoms. The van der Waals surface area contributed by atoms with Crippen LogP contribution >= 0.6 is 0 Å². The van der Waals surface area contributed by atoms with E-state index in [-0.39, 0.29) is 11.5 Å².